The summed E-state index contributed by atoms with van der Waals surface area (Å²) in [5.41, 5.74) is 7.30. The van der Waals surface area contributed by atoms with E-state index < -0.39 is 0 Å². The highest BCUT2D eigenvalue weighted by atomic mass is 14.9. The molecule has 2 aromatic carbocycles. The maximum Gasteiger partial charge on any atom is 0.0408 e. The first-order chi connectivity index (χ1) is 10.0. The molecule has 0 bridgehead atoms. The highest BCUT2D eigenvalue weighted by Crippen LogP contribution is 2.28. The van der Waals surface area contributed by atoms with Crippen LogP contribution in [0, 0.1) is 0 Å². The first-order valence-corrected chi connectivity index (χ1v) is 7.98. The molecule has 0 unspecified atom stereocenters. The average Bonchev–Trinajstić information content (AvgIpc) is 2.47. The van der Waals surface area contributed by atoms with Crippen molar-refractivity contribution < 1.29 is 0 Å². The Morgan fingerprint density at radius 2 is 1.76 bits per heavy atom. The summed E-state index contributed by atoms with van der Waals surface area (Å²) in [6.45, 7) is 7.89. The Kier molecular flexibility index (Phi) is 3.75. The molecule has 21 heavy (non-hydrogen) atoms. The van der Waals surface area contributed by atoms with Crippen molar-refractivity contribution in [3.8, 4) is 0 Å². The van der Waals surface area contributed by atoms with E-state index in [9.17, 15) is 0 Å². The van der Waals surface area contributed by atoms with E-state index >= 15 is 0 Å². The molecule has 0 radical (unpaired) electrons. The summed E-state index contributed by atoms with van der Waals surface area (Å²) in [6, 6.07) is 15.8. The fraction of sp³-hybridized carbons (Fsp3) is 0.400. The van der Waals surface area contributed by atoms with E-state index in [1.54, 1.807) is 0 Å². The number of benzene rings is 2. The minimum atomic E-state index is 0.228. The molecule has 110 valence electrons. The largest absolute Gasteiger partial charge is 0.385 e. The third kappa shape index (κ3) is 3.12. The smallest absolute Gasteiger partial charge is 0.0408 e. The van der Waals surface area contributed by atoms with Crippen LogP contribution in [0.3, 0.4) is 0 Å². The van der Waals surface area contributed by atoms with Crippen molar-refractivity contribution in [2.45, 2.75) is 45.4 Å². The van der Waals surface area contributed by atoms with Crippen molar-refractivity contribution in [2.75, 3.05) is 11.9 Å². The van der Waals surface area contributed by atoms with Gasteiger partial charge in [-0.1, -0.05) is 63.2 Å². The second kappa shape index (κ2) is 5.55. The van der Waals surface area contributed by atoms with E-state index in [4.69, 9.17) is 0 Å². The maximum absolute atomic E-state index is 3.59. The van der Waals surface area contributed by atoms with Gasteiger partial charge in [-0.15, -0.1) is 0 Å². The molecular weight excluding hydrogens is 254 g/mol. The monoisotopic (exact) mass is 279 g/mol. The number of para-hydroxylation sites is 1. The van der Waals surface area contributed by atoms with Gasteiger partial charge in [0.1, 0.15) is 0 Å². The van der Waals surface area contributed by atoms with Crippen LogP contribution in [0.25, 0.3) is 0 Å². The lowest BCUT2D eigenvalue weighted by atomic mass is 9.86. The highest BCUT2D eigenvalue weighted by Gasteiger charge is 2.14. The summed E-state index contributed by atoms with van der Waals surface area (Å²) in [5.74, 6) is 0. The molecule has 0 aliphatic carbocycles. The van der Waals surface area contributed by atoms with Gasteiger partial charge in [0.05, 0.1) is 0 Å². The minimum absolute atomic E-state index is 0.228. The van der Waals surface area contributed by atoms with Gasteiger partial charge in [0.2, 0.25) is 0 Å². The molecule has 1 N–H and O–H groups in total. The van der Waals surface area contributed by atoms with Crippen LogP contribution in [0.2, 0.25) is 0 Å². The summed E-state index contributed by atoms with van der Waals surface area (Å²) < 4.78 is 0. The molecule has 0 fully saturated rings. The van der Waals surface area contributed by atoms with Crippen LogP contribution in [0.15, 0.2) is 42.5 Å². The Hall–Kier alpha value is -1.76. The number of aryl methyl sites for hydroxylation is 1. The van der Waals surface area contributed by atoms with Crippen LogP contribution in [-0.4, -0.2) is 6.54 Å². The molecule has 0 saturated heterocycles. The Morgan fingerprint density at radius 3 is 2.48 bits per heavy atom. The lowest BCUT2D eigenvalue weighted by molar-refractivity contribution is 0.590. The van der Waals surface area contributed by atoms with Gasteiger partial charge in [-0.25, -0.2) is 0 Å². The molecule has 3 rings (SSSR count). The predicted octanol–water partition coefficient (Wildman–Crippen LogP) is 4.93. The van der Waals surface area contributed by atoms with Crippen LogP contribution in [0.1, 0.15) is 49.4 Å². The molecule has 0 spiro atoms. The Balaban J connectivity index is 1.84. The van der Waals surface area contributed by atoms with E-state index in [1.165, 1.54) is 40.8 Å². The van der Waals surface area contributed by atoms with Crippen LogP contribution in [-0.2, 0) is 18.3 Å². The molecule has 1 heteroatoms. The average molecular weight is 279 g/mol. The Bertz CT molecular complexity index is 617. The zero-order valence-electron chi connectivity index (χ0n) is 13.4. The number of fused-ring (bicyclic) bond motifs is 1. The first kappa shape index (κ1) is 14.2. The molecule has 1 nitrogen and oxygen atoms in total. The molecule has 0 amide bonds. The molecule has 1 aliphatic rings. The lowest BCUT2D eigenvalue weighted by Crippen LogP contribution is -2.14. The quantitative estimate of drug-likeness (QED) is 0.821. The van der Waals surface area contributed by atoms with Gasteiger partial charge < -0.3 is 5.32 Å². The Labute approximate surface area is 128 Å². The second-order valence-electron chi connectivity index (χ2n) is 7.11. The molecule has 0 atom stereocenters. The third-order valence-corrected chi connectivity index (χ3v) is 4.38. The summed E-state index contributed by atoms with van der Waals surface area (Å²) >= 11 is 0. The third-order valence-electron chi connectivity index (χ3n) is 4.38. The number of nitrogens with one attached hydrogen (secondary N) is 1. The van der Waals surface area contributed by atoms with Gasteiger partial charge in [-0.05, 0) is 46.9 Å². The van der Waals surface area contributed by atoms with Crippen molar-refractivity contribution in [3.05, 3.63) is 64.7 Å². The van der Waals surface area contributed by atoms with Gasteiger partial charge in [0, 0.05) is 12.2 Å². The van der Waals surface area contributed by atoms with Crippen LogP contribution in [0.5, 0.6) is 0 Å². The summed E-state index contributed by atoms with van der Waals surface area (Å²) in [5, 5.41) is 3.59. The summed E-state index contributed by atoms with van der Waals surface area (Å²) in [6.07, 6.45) is 3.47. The number of hydrogen-bond donors (Lipinski definition) is 1. The van der Waals surface area contributed by atoms with Crippen molar-refractivity contribution in [3.63, 3.8) is 0 Å². The van der Waals surface area contributed by atoms with E-state index in [-0.39, 0.29) is 5.41 Å². The second-order valence-corrected chi connectivity index (χ2v) is 7.11. The standard InChI is InChI=1S/C20H25N/c1-20(2,3)18-11-9-15(10-12-18)14-17-7-4-6-16-8-5-13-21-19(16)17/h4,6-7,9-12,21H,5,8,13-14H2,1-3H3. The van der Waals surface area contributed by atoms with Crippen LogP contribution < -0.4 is 5.32 Å². The maximum atomic E-state index is 3.59. The number of hydrogen-bond acceptors (Lipinski definition) is 1. The number of rotatable bonds is 2. The number of anilines is 1. The van der Waals surface area contributed by atoms with Crippen molar-refractivity contribution >= 4 is 5.69 Å². The van der Waals surface area contributed by atoms with Crippen molar-refractivity contribution in [2.24, 2.45) is 0 Å². The lowest BCUT2D eigenvalue weighted by Gasteiger charge is -2.22. The first-order valence-electron chi connectivity index (χ1n) is 7.98. The van der Waals surface area contributed by atoms with Crippen molar-refractivity contribution in [1.29, 1.82) is 0 Å². The van der Waals surface area contributed by atoms with E-state index in [0.29, 0.717) is 0 Å². The molecule has 2 aromatic rings. The topological polar surface area (TPSA) is 12.0 Å². The van der Waals surface area contributed by atoms with Gasteiger partial charge in [-0.3, -0.25) is 0 Å². The predicted molar refractivity (Wildman–Crippen MR) is 91.2 cm³/mol. The van der Waals surface area contributed by atoms with Crippen LogP contribution in [0.4, 0.5) is 5.69 Å². The zero-order chi connectivity index (χ0) is 14.9. The van der Waals surface area contributed by atoms with E-state index in [1.807, 2.05) is 0 Å². The molecule has 0 saturated carbocycles. The molecule has 0 aromatic heterocycles. The van der Waals surface area contributed by atoms with Crippen molar-refractivity contribution in [1.82, 2.24) is 0 Å². The normalized spacial score (nSPS) is 14.4. The minimum Gasteiger partial charge on any atom is -0.385 e. The fourth-order valence-corrected chi connectivity index (χ4v) is 3.07. The molecule has 1 aliphatic heterocycles. The van der Waals surface area contributed by atoms with E-state index in [0.717, 1.165) is 13.0 Å². The summed E-state index contributed by atoms with van der Waals surface area (Å²) in [7, 11) is 0. The molecule has 1 heterocycles. The van der Waals surface area contributed by atoms with Gasteiger partial charge >= 0.3 is 0 Å². The van der Waals surface area contributed by atoms with Gasteiger partial charge in [-0.2, -0.15) is 0 Å². The fourth-order valence-electron chi connectivity index (χ4n) is 3.07. The van der Waals surface area contributed by atoms with Gasteiger partial charge in [0.15, 0.2) is 0 Å². The molecular formula is C20H25N. The Morgan fingerprint density at radius 1 is 1.00 bits per heavy atom. The zero-order valence-corrected chi connectivity index (χ0v) is 13.4. The highest BCUT2D eigenvalue weighted by molar-refractivity contribution is 5.60. The van der Waals surface area contributed by atoms with E-state index in [2.05, 4.69) is 68.6 Å². The summed E-state index contributed by atoms with van der Waals surface area (Å²) in [4.78, 5) is 0. The van der Waals surface area contributed by atoms with Gasteiger partial charge in [0.25, 0.3) is 0 Å². The van der Waals surface area contributed by atoms with Crippen LogP contribution >= 0.6 is 0 Å². The SMILES string of the molecule is CC(C)(C)c1ccc(Cc2cccc3c2NCCC3)cc1.